The maximum atomic E-state index is 10.7. The van der Waals surface area contributed by atoms with Crippen LogP contribution in [0.4, 0.5) is 0 Å². The summed E-state index contributed by atoms with van der Waals surface area (Å²) in [6.45, 7) is 2.85. The molecule has 0 amide bonds. The molecule has 7 N–H and O–H groups in total. The Bertz CT molecular complexity index is 593. The van der Waals surface area contributed by atoms with Gasteiger partial charge in [0.25, 0.3) is 0 Å². The van der Waals surface area contributed by atoms with Crippen LogP contribution in [0, 0.1) is 0 Å². The molecule has 0 spiro atoms. The van der Waals surface area contributed by atoms with E-state index in [1.54, 1.807) is 0 Å². The van der Waals surface area contributed by atoms with Gasteiger partial charge in [-0.3, -0.25) is 0 Å². The Labute approximate surface area is 220 Å². The van der Waals surface area contributed by atoms with Crippen molar-refractivity contribution in [3.8, 4) is 0 Å². The van der Waals surface area contributed by atoms with Crippen LogP contribution in [-0.2, 0) is 18.9 Å². The minimum atomic E-state index is -1.70. The van der Waals surface area contributed by atoms with Gasteiger partial charge in [0.05, 0.1) is 19.3 Å². The third-order valence-corrected chi connectivity index (χ3v) is 7.29. The van der Waals surface area contributed by atoms with E-state index in [0.717, 1.165) is 19.3 Å². The highest BCUT2D eigenvalue weighted by Crippen LogP contribution is 2.30. The Morgan fingerprint density at radius 2 is 1.14 bits per heavy atom. The highest BCUT2D eigenvalue weighted by molar-refractivity contribution is 4.94. The summed E-state index contributed by atoms with van der Waals surface area (Å²) in [5.74, 6) is 0. The Balaban J connectivity index is 1.77. The van der Waals surface area contributed by atoms with Crippen molar-refractivity contribution in [3.63, 3.8) is 0 Å². The molecule has 0 bridgehead atoms. The van der Waals surface area contributed by atoms with Gasteiger partial charge in [0.2, 0.25) is 0 Å². The minimum Gasteiger partial charge on any atom is -0.394 e. The van der Waals surface area contributed by atoms with Gasteiger partial charge in [-0.05, 0) is 13.3 Å². The molecule has 0 radical (unpaired) electrons. The van der Waals surface area contributed by atoms with Crippen LogP contribution in [0.1, 0.15) is 84.5 Å². The molecule has 0 aromatic carbocycles. The molecule has 2 saturated heterocycles. The highest BCUT2D eigenvalue weighted by atomic mass is 16.7. The summed E-state index contributed by atoms with van der Waals surface area (Å²) in [6.07, 6.45) is -1.65. The van der Waals surface area contributed by atoms with Crippen molar-refractivity contribution in [1.29, 1.82) is 0 Å². The average Bonchev–Trinajstić information content (AvgIpc) is 2.89. The number of unbranched alkanes of at least 4 members (excludes halogenated alkanes) is 9. The number of hydrogen-bond acceptors (Lipinski definition) is 11. The molecule has 11 heteroatoms. The first-order valence-electron chi connectivity index (χ1n) is 14.0. The second-order valence-electron chi connectivity index (χ2n) is 10.4. The largest absolute Gasteiger partial charge is 0.394 e. The fourth-order valence-corrected chi connectivity index (χ4v) is 4.88. The Morgan fingerprint density at radius 1 is 0.622 bits per heavy atom. The molecule has 2 fully saturated rings. The van der Waals surface area contributed by atoms with E-state index in [9.17, 15) is 35.7 Å². The zero-order valence-electron chi connectivity index (χ0n) is 22.3. The molecule has 11 nitrogen and oxygen atoms in total. The standard InChI is InChI=1S/C26H50O11/c1-3-4-5-6-7-8-9-10-11-12-13-16(2)34-25-23(33)21(31)24(18(15-28)36-25)37-26-22(32)20(30)19(29)17(14-27)35-26/h16-33H,3-15H2,1-2H3/t16?,17-,18-,19-,20+,21-,22-,23-,24-,25-,26-/m1/s1. The summed E-state index contributed by atoms with van der Waals surface area (Å²) in [7, 11) is 0. The SMILES string of the molecule is CCCCCCCCCCCCC(C)O[C@@H]1O[C@H](CO)[C@@H](O[C@H]2O[C@H](CO)[C@@H](O)[C@H](O)[C@H]2O)[C@H](O)[C@H]1O. The number of hydrogen-bond donors (Lipinski definition) is 7. The molecule has 2 aliphatic rings. The molecule has 1 unspecified atom stereocenters. The smallest absolute Gasteiger partial charge is 0.187 e. The number of aliphatic hydroxyl groups is 7. The summed E-state index contributed by atoms with van der Waals surface area (Å²) in [4.78, 5) is 0. The van der Waals surface area contributed by atoms with Gasteiger partial charge >= 0.3 is 0 Å². The van der Waals surface area contributed by atoms with Crippen LogP contribution in [0.2, 0.25) is 0 Å². The van der Waals surface area contributed by atoms with E-state index < -0.39 is 74.6 Å². The molecule has 2 rings (SSSR count). The monoisotopic (exact) mass is 538 g/mol. The summed E-state index contributed by atoms with van der Waals surface area (Å²) >= 11 is 0. The number of aliphatic hydroxyl groups excluding tert-OH is 7. The fraction of sp³-hybridized carbons (Fsp3) is 1.00. The molecule has 2 heterocycles. The zero-order chi connectivity index (χ0) is 27.4. The van der Waals surface area contributed by atoms with E-state index in [1.165, 1.54) is 51.4 Å². The molecular formula is C26H50O11. The van der Waals surface area contributed by atoms with E-state index in [0.29, 0.717) is 0 Å². The summed E-state index contributed by atoms with van der Waals surface area (Å²) in [5, 5.41) is 70.6. The third kappa shape index (κ3) is 9.91. The normalized spacial score (nSPS) is 37.5. The van der Waals surface area contributed by atoms with Crippen molar-refractivity contribution in [2.24, 2.45) is 0 Å². The maximum absolute atomic E-state index is 10.7. The second-order valence-corrected chi connectivity index (χ2v) is 10.4. The predicted molar refractivity (Wildman–Crippen MR) is 133 cm³/mol. The van der Waals surface area contributed by atoms with Gasteiger partial charge in [0, 0.05) is 0 Å². The van der Waals surface area contributed by atoms with Crippen molar-refractivity contribution in [1.82, 2.24) is 0 Å². The van der Waals surface area contributed by atoms with Crippen LogP contribution >= 0.6 is 0 Å². The summed E-state index contributed by atoms with van der Waals surface area (Å²) in [5.41, 5.74) is 0. The van der Waals surface area contributed by atoms with Gasteiger partial charge in [-0.1, -0.05) is 71.1 Å². The molecule has 11 atom stereocenters. The highest BCUT2D eigenvalue weighted by Gasteiger charge is 2.50. The summed E-state index contributed by atoms with van der Waals surface area (Å²) < 4.78 is 22.4. The Kier molecular flexibility index (Phi) is 15.3. The number of ether oxygens (including phenoxy) is 4. The molecule has 2 aliphatic heterocycles. The predicted octanol–water partition coefficient (Wildman–Crippen LogP) is 0.327. The van der Waals surface area contributed by atoms with Gasteiger partial charge in [-0.15, -0.1) is 0 Å². The zero-order valence-corrected chi connectivity index (χ0v) is 22.3. The summed E-state index contributed by atoms with van der Waals surface area (Å²) in [6, 6.07) is 0. The Hall–Kier alpha value is -0.440. The van der Waals surface area contributed by atoms with E-state index in [1.807, 2.05) is 6.92 Å². The quantitative estimate of drug-likeness (QED) is 0.127. The van der Waals surface area contributed by atoms with E-state index in [4.69, 9.17) is 18.9 Å². The van der Waals surface area contributed by atoms with E-state index in [2.05, 4.69) is 6.92 Å². The third-order valence-electron chi connectivity index (χ3n) is 7.29. The van der Waals surface area contributed by atoms with Crippen molar-refractivity contribution < 1.29 is 54.7 Å². The molecule has 0 aliphatic carbocycles. The molecular weight excluding hydrogens is 488 g/mol. The van der Waals surface area contributed by atoms with Crippen LogP contribution < -0.4 is 0 Å². The van der Waals surface area contributed by atoms with Gasteiger partial charge in [-0.25, -0.2) is 0 Å². The van der Waals surface area contributed by atoms with Crippen molar-refractivity contribution >= 4 is 0 Å². The van der Waals surface area contributed by atoms with Gasteiger partial charge in [0.15, 0.2) is 12.6 Å². The molecule has 220 valence electrons. The first-order chi connectivity index (χ1) is 17.7. The Morgan fingerprint density at radius 3 is 1.70 bits per heavy atom. The molecule has 0 saturated carbocycles. The van der Waals surface area contributed by atoms with Gasteiger partial charge < -0.3 is 54.7 Å². The topological polar surface area (TPSA) is 179 Å². The lowest BCUT2D eigenvalue weighted by Crippen LogP contribution is -2.64. The lowest BCUT2D eigenvalue weighted by Gasteiger charge is -2.46. The second kappa shape index (κ2) is 17.3. The van der Waals surface area contributed by atoms with E-state index in [-0.39, 0.29) is 6.10 Å². The lowest BCUT2D eigenvalue weighted by atomic mass is 9.97. The first-order valence-corrected chi connectivity index (χ1v) is 14.0. The first kappa shape index (κ1) is 32.8. The van der Waals surface area contributed by atoms with Gasteiger partial charge in [-0.2, -0.15) is 0 Å². The van der Waals surface area contributed by atoms with Gasteiger partial charge in [0.1, 0.15) is 48.8 Å². The van der Waals surface area contributed by atoms with E-state index >= 15 is 0 Å². The lowest BCUT2D eigenvalue weighted by molar-refractivity contribution is -0.362. The molecule has 37 heavy (non-hydrogen) atoms. The maximum Gasteiger partial charge on any atom is 0.187 e. The van der Waals surface area contributed by atoms with Crippen LogP contribution in [-0.4, -0.2) is 116 Å². The van der Waals surface area contributed by atoms with Crippen molar-refractivity contribution in [3.05, 3.63) is 0 Å². The van der Waals surface area contributed by atoms with Crippen LogP contribution in [0.15, 0.2) is 0 Å². The fourth-order valence-electron chi connectivity index (χ4n) is 4.88. The van der Waals surface area contributed by atoms with Crippen LogP contribution in [0.25, 0.3) is 0 Å². The minimum absolute atomic E-state index is 0.247. The average molecular weight is 539 g/mol. The molecule has 0 aromatic rings. The molecule has 0 aromatic heterocycles. The van der Waals surface area contributed by atoms with Crippen molar-refractivity contribution in [2.75, 3.05) is 13.2 Å². The van der Waals surface area contributed by atoms with Crippen LogP contribution in [0.3, 0.4) is 0 Å². The van der Waals surface area contributed by atoms with Crippen LogP contribution in [0.5, 0.6) is 0 Å². The van der Waals surface area contributed by atoms with Crippen molar-refractivity contribution in [2.45, 2.75) is 152 Å². The number of rotatable bonds is 17.